The van der Waals surface area contributed by atoms with Crippen molar-refractivity contribution in [1.82, 2.24) is 10.3 Å². The van der Waals surface area contributed by atoms with Crippen LogP contribution in [0.4, 0.5) is 5.69 Å². The molecule has 2 amide bonds. The number of fused-ring (bicyclic) bond motifs is 1. The van der Waals surface area contributed by atoms with Crippen molar-refractivity contribution >= 4 is 28.8 Å². The van der Waals surface area contributed by atoms with Crippen molar-refractivity contribution in [2.24, 2.45) is 0 Å². The Balaban J connectivity index is 1.58. The number of anilines is 1. The zero-order valence-electron chi connectivity index (χ0n) is 15.5. The van der Waals surface area contributed by atoms with Gasteiger partial charge in [0.2, 0.25) is 5.91 Å². The molecule has 0 aliphatic carbocycles. The number of thiazole rings is 1. The Morgan fingerprint density at radius 3 is 2.93 bits per heavy atom. The van der Waals surface area contributed by atoms with E-state index in [4.69, 9.17) is 9.15 Å². The van der Waals surface area contributed by atoms with E-state index in [-0.39, 0.29) is 24.9 Å². The summed E-state index contributed by atoms with van der Waals surface area (Å²) in [6.07, 6.45) is 0.893. The number of benzene rings is 1. The number of furan rings is 1. The van der Waals surface area contributed by atoms with E-state index in [1.54, 1.807) is 36.7 Å². The van der Waals surface area contributed by atoms with E-state index in [9.17, 15) is 9.59 Å². The number of rotatable bonds is 5. The van der Waals surface area contributed by atoms with Gasteiger partial charge in [-0.2, -0.15) is 0 Å². The van der Waals surface area contributed by atoms with Crippen molar-refractivity contribution in [3.63, 3.8) is 0 Å². The van der Waals surface area contributed by atoms with Crippen molar-refractivity contribution in [3.05, 3.63) is 52.7 Å². The molecule has 1 aromatic carbocycles. The van der Waals surface area contributed by atoms with Gasteiger partial charge in [0.15, 0.2) is 6.10 Å². The molecule has 1 aliphatic heterocycles. The summed E-state index contributed by atoms with van der Waals surface area (Å²) in [5.74, 6) is 0.685. The molecule has 0 radical (unpaired) electrons. The molecule has 1 unspecified atom stereocenters. The highest BCUT2D eigenvalue weighted by Gasteiger charge is 2.33. The summed E-state index contributed by atoms with van der Waals surface area (Å²) < 4.78 is 10.9. The highest BCUT2D eigenvalue weighted by molar-refractivity contribution is 7.09. The predicted octanol–water partition coefficient (Wildman–Crippen LogP) is 3.14. The molecule has 0 saturated carbocycles. The molecule has 8 heteroatoms. The topological polar surface area (TPSA) is 84.7 Å². The van der Waals surface area contributed by atoms with Crippen LogP contribution in [0.2, 0.25) is 0 Å². The molecule has 3 aromatic rings. The fourth-order valence-corrected chi connectivity index (χ4v) is 3.65. The van der Waals surface area contributed by atoms with Crippen LogP contribution in [0.15, 0.2) is 46.4 Å². The Labute approximate surface area is 165 Å². The fraction of sp³-hybridized carbons (Fsp3) is 0.250. The Morgan fingerprint density at radius 2 is 2.21 bits per heavy atom. The first-order chi connectivity index (χ1) is 13.5. The lowest BCUT2D eigenvalue weighted by atomic mass is 10.1. The van der Waals surface area contributed by atoms with E-state index >= 15 is 0 Å². The van der Waals surface area contributed by atoms with Gasteiger partial charge in [0, 0.05) is 10.9 Å². The normalized spacial score (nSPS) is 15.9. The smallest absolute Gasteiger partial charge is 0.268 e. The van der Waals surface area contributed by atoms with Crippen LogP contribution in [0.1, 0.15) is 17.7 Å². The highest BCUT2D eigenvalue weighted by Crippen LogP contribution is 2.37. The Hall–Kier alpha value is -3.13. The molecule has 4 rings (SSSR count). The van der Waals surface area contributed by atoms with E-state index in [1.165, 1.54) is 4.90 Å². The molecule has 7 nitrogen and oxygen atoms in total. The molecular formula is C20H19N3O4S. The first kappa shape index (κ1) is 18.2. The minimum absolute atomic E-state index is 0.0974. The quantitative estimate of drug-likeness (QED) is 0.715. The predicted molar refractivity (Wildman–Crippen MR) is 105 cm³/mol. The van der Waals surface area contributed by atoms with Crippen molar-refractivity contribution in [3.8, 4) is 17.0 Å². The largest absolute Gasteiger partial charge is 0.479 e. The zero-order chi connectivity index (χ0) is 19.7. The van der Waals surface area contributed by atoms with Gasteiger partial charge >= 0.3 is 0 Å². The van der Waals surface area contributed by atoms with E-state index in [0.29, 0.717) is 17.2 Å². The SMILES string of the molecule is Cc1nc(-c2ccc3c(c2)N(CC(=O)NCc2ccco2)C(=O)C(C)O3)cs1. The van der Waals surface area contributed by atoms with Crippen LogP contribution in [0.3, 0.4) is 0 Å². The second-order valence-electron chi connectivity index (χ2n) is 6.47. The molecule has 1 aliphatic rings. The van der Waals surface area contributed by atoms with Crippen LogP contribution in [-0.2, 0) is 16.1 Å². The van der Waals surface area contributed by atoms with Gasteiger partial charge in [-0.25, -0.2) is 4.98 Å². The van der Waals surface area contributed by atoms with E-state index in [1.807, 2.05) is 30.5 Å². The Kier molecular flexibility index (Phi) is 4.87. The third-order valence-corrected chi connectivity index (χ3v) is 5.20. The second kappa shape index (κ2) is 7.47. The van der Waals surface area contributed by atoms with Crippen LogP contribution >= 0.6 is 11.3 Å². The van der Waals surface area contributed by atoms with Crippen molar-refractivity contribution in [1.29, 1.82) is 0 Å². The van der Waals surface area contributed by atoms with Crippen LogP contribution in [0, 0.1) is 6.92 Å². The first-order valence-electron chi connectivity index (χ1n) is 8.85. The number of nitrogens with zero attached hydrogens (tertiary/aromatic N) is 2. The van der Waals surface area contributed by atoms with Crippen LogP contribution < -0.4 is 15.0 Å². The van der Waals surface area contributed by atoms with E-state index in [0.717, 1.165) is 16.3 Å². The average molecular weight is 397 g/mol. The fourth-order valence-electron chi connectivity index (χ4n) is 3.02. The molecule has 3 heterocycles. The van der Waals surface area contributed by atoms with Gasteiger partial charge in [0.05, 0.1) is 29.2 Å². The van der Waals surface area contributed by atoms with Crippen molar-refractivity contribution in [2.75, 3.05) is 11.4 Å². The molecule has 144 valence electrons. The summed E-state index contributed by atoms with van der Waals surface area (Å²) in [6, 6.07) is 9.10. The van der Waals surface area contributed by atoms with Crippen molar-refractivity contribution in [2.45, 2.75) is 26.5 Å². The van der Waals surface area contributed by atoms with Crippen molar-refractivity contribution < 1.29 is 18.7 Å². The number of aryl methyl sites for hydroxylation is 1. The summed E-state index contributed by atoms with van der Waals surface area (Å²) in [5, 5.41) is 5.69. The van der Waals surface area contributed by atoms with E-state index < -0.39 is 6.10 Å². The number of carbonyl (C=O) groups is 2. The maximum atomic E-state index is 12.7. The number of hydrogen-bond acceptors (Lipinski definition) is 6. The lowest BCUT2D eigenvalue weighted by molar-refractivity contribution is -0.128. The van der Waals surface area contributed by atoms with E-state index in [2.05, 4.69) is 10.3 Å². The average Bonchev–Trinajstić information content (AvgIpc) is 3.35. The molecule has 0 fully saturated rings. The zero-order valence-corrected chi connectivity index (χ0v) is 16.3. The van der Waals surface area contributed by atoms with Gasteiger partial charge in [0.25, 0.3) is 5.91 Å². The molecule has 1 N–H and O–H groups in total. The number of amides is 2. The third kappa shape index (κ3) is 3.63. The van der Waals surface area contributed by atoms with Gasteiger partial charge in [-0.15, -0.1) is 11.3 Å². The standard InChI is InChI=1S/C20H19N3O4S/c1-12-20(25)23(10-19(24)21-9-15-4-3-7-26-15)17-8-14(5-6-18(17)27-12)16-11-28-13(2)22-16/h3-8,11-12H,9-10H2,1-2H3,(H,21,24). The summed E-state index contributed by atoms with van der Waals surface area (Å²) >= 11 is 1.56. The summed E-state index contributed by atoms with van der Waals surface area (Å²) in [5.41, 5.74) is 2.27. The summed E-state index contributed by atoms with van der Waals surface area (Å²) in [6.45, 7) is 3.79. The minimum atomic E-state index is -0.655. The maximum absolute atomic E-state index is 12.7. The second-order valence-corrected chi connectivity index (χ2v) is 7.54. The molecule has 1 atom stereocenters. The first-order valence-corrected chi connectivity index (χ1v) is 9.73. The van der Waals surface area contributed by atoms with Crippen LogP contribution in [0.25, 0.3) is 11.3 Å². The van der Waals surface area contributed by atoms with Gasteiger partial charge in [-0.05, 0) is 44.2 Å². The summed E-state index contributed by atoms with van der Waals surface area (Å²) in [7, 11) is 0. The van der Waals surface area contributed by atoms with Gasteiger partial charge in [0.1, 0.15) is 18.1 Å². The number of nitrogens with one attached hydrogen (secondary N) is 1. The van der Waals surface area contributed by atoms with Crippen LogP contribution in [0.5, 0.6) is 5.75 Å². The van der Waals surface area contributed by atoms with Gasteiger partial charge in [-0.1, -0.05) is 0 Å². The van der Waals surface area contributed by atoms with Gasteiger partial charge < -0.3 is 14.5 Å². The summed E-state index contributed by atoms with van der Waals surface area (Å²) in [4.78, 5) is 31.1. The minimum Gasteiger partial charge on any atom is -0.479 e. The molecule has 0 saturated heterocycles. The number of hydrogen-bond donors (Lipinski definition) is 1. The number of carbonyl (C=O) groups excluding carboxylic acids is 2. The maximum Gasteiger partial charge on any atom is 0.268 e. The highest BCUT2D eigenvalue weighted by atomic mass is 32.1. The van der Waals surface area contributed by atoms with Gasteiger partial charge in [-0.3, -0.25) is 14.5 Å². The Bertz CT molecular complexity index is 1010. The number of ether oxygens (including phenoxy) is 1. The molecular weight excluding hydrogens is 378 g/mol. The lowest BCUT2D eigenvalue weighted by Gasteiger charge is -2.32. The van der Waals surface area contributed by atoms with Crippen LogP contribution in [-0.4, -0.2) is 29.4 Å². The number of aromatic nitrogens is 1. The molecule has 0 spiro atoms. The monoisotopic (exact) mass is 397 g/mol. The third-order valence-electron chi connectivity index (χ3n) is 4.42. The molecule has 28 heavy (non-hydrogen) atoms. The lowest BCUT2D eigenvalue weighted by Crippen LogP contribution is -2.48. The molecule has 2 aromatic heterocycles. The Morgan fingerprint density at radius 1 is 1.36 bits per heavy atom. The molecule has 0 bridgehead atoms.